The lowest BCUT2D eigenvalue weighted by molar-refractivity contribution is -0.143. The molecule has 114 valence electrons. The Morgan fingerprint density at radius 3 is 2.71 bits per heavy atom. The van der Waals surface area contributed by atoms with Crippen molar-refractivity contribution in [1.29, 1.82) is 0 Å². The smallest absolute Gasteiger partial charge is 0.307 e. The second-order valence-corrected chi connectivity index (χ2v) is 7.62. The van der Waals surface area contributed by atoms with Gasteiger partial charge >= 0.3 is 5.97 Å². The number of fused-ring (bicyclic) bond motifs is 1. The van der Waals surface area contributed by atoms with Crippen LogP contribution in [0.1, 0.15) is 43.7 Å². The quantitative estimate of drug-likeness (QED) is 0.934. The molecule has 3 atom stereocenters. The number of carboxylic acid groups (broad SMARTS) is 1. The summed E-state index contributed by atoms with van der Waals surface area (Å²) in [7, 11) is 0. The molecule has 1 aromatic rings. The fourth-order valence-electron chi connectivity index (χ4n) is 3.84. The summed E-state index contributed by atoms with van der Waals surface area (Å²) in [6.07, 6.45) is 1.76. The van der Waals surface area contributed by atoms with Gasteiger partial charge in [-0.2, -0.15) is 0 Å². The van der Waals surface area contributed by atoms with E-state index >= 15 is 0 Å². The number of aliphatic carboxylic acids is 1. The maximum absolute atomic E-state index is 12.9. The fourth-order valence-corrected chi connectivity index (χ4v) is 4.77. The van der Waals surface area contributed by atoms with Crippen molar-refractivity contribution in [2.24, 2.45) is 17.3 Å². The molecule has 1 amide bonds. The Kier molecular flexibility index (Phi) is 3.35. The summed E-state index contributed by atoms with van der Waals surface area (Å²) >= 11 is 1.76. The van der Waals surface area contributed by atoms with Crippen LogP contribution in [-0.4, -0.2) is 28.4 Å². The molecule has 5 heteroatoms. The van der Waals surface area contributed by atoms with Crippen LogP contribution in [-0.2, 0) is 16.0 Å². The molecular weight excluding hydrogens is 286 g/mol. The van der Waals surface area contributed by atoms with Crippen LogP contribution in [0.5, 0.6) is 0 Å². The van der Waals surface area contributed by atoms with E-state index in [-0.39, 0.29) is 17.9 Å². The van der Waals surface area contributed by atoms with Gasteiger partial charge in [0.05, 0.1) is 17.9 Å². The van der Waals surface area contributed by atoms with Crippen LogP contribution >= 0.6 is 11.3 Å². The lowest BCUT2D eigenvalue weighted by Crippen LogP contribution is -2.41. The number of amides is 1. The number of carboxylic acids is 1. The Labute approximate surface area is 128 Å². The van der Waals surface area contributed by atoms with Gasteiger partial charge in [0.15, 0.2) is 0 Å². The maximum atomic E-state index is 12.9. The van der Waals surface area contributed by atoms with Crippen molar-refractivity contribution >= 4 is 23.2 Å². The molecule has 0 bridgehead atoms. The molecule has 1 N–H and O–H groups in total. The standard InChI is InChI=1S/C16H21NO3S/c1-4-10-9-6-8-21-11(9)5-7-17(10)14(18)12-13(15(19)20)16(12,2)3/h6,8,10,12-13H,4-5,7H2,1-3H3,(H,19,20)/t10?,12-,13+/m1/s1. The number of carbonyl (C=O) groups is 2. The van der Waals surface area contributed by atoms with Gasteiger partial charge < -0.3 is 10.0 Å². The van der Waals surface area contributed by atoms with Gasteiger partial charge in [0.2, 0.25) is 5.91 Å². The number of hydrogen-bond acceptors (Lipinski definition) is 3. The van der Waals surface area contributed by atoms with Crippen molar-refractivity contribution in [2.75, 3.05) is 6.54 Å². The Bertz CT molecular complexity index is 592. The van der Waals surface area contributed by atoms with Crippen molar-refractivity contribution in [3.05, 3.63) is 21.9 Å². The fraction of sp³-hybridized carbons (Fsp3) is 0.625. The highest BCUT2D eigenvalue weighted by molar-refractivity contribution is 7.10. The molecule has 0 aromatic carbocycles. The molecule has 1 aromatic heterocycles. The maximum Gasteiger partial charge on any atom is 0.307 e. The van der Waals surface area contributed by atoms with Gasteiger partial charge in [-0.25, -0.2) is 0 Å². The van der Waals surface area contributed by atoms with Crippen molar-refractivity contribution in [1.82, 2.24) is 4.90 Å². The third kappa shape index (κ3) is 2.09. The molecule has 1 unspecified atom stereocenters. The molecule has 3 rings (SSSR count). The number of carbonyl (C=O) groups excluding carboxylic acids is 1. The number of hydrogen-bond donors (Lipinski definition) is 1. The third-order valence-electron chi connectivity index (χ3n) is 5.12. The minimum Gasteiger partial charge on any atom is -0.481 e. The van der Waals surface area contributed by atoms with E-state index in [4.69, 9.17) is 0 Å². The van der Waals surface area contributed by atoms with Crippen LogP contribution in [0.25, 0.3) is 0 Å². The average Bonchev–Trinajstić information content (AvgIpc) is 2.80. The second-order valence-electron chi connectivity index (χ2n) is 6.62. The van der Waals surface area contributed by atoms with E-state index in [2.05, 4.69) is 18.4 Å². The zero-order valence-corrected chi connectivity index (χ0v) is 13.4. The van der Waals surface area contributed by atoms with E-state index in [1.807, 2.05) is 18.7 Å². The Hall–Kier alpha value is -1.36. The van der Waals surface area contributed by atoms with Gasteiger partial charge in [0.25, 0.3) is 0 Å². The van der Waals surface area contributed by atoms with Crippen LogP contribution < -0.4 is 0 Å². The van der Waals surface area contributed by atoms with E-state index in [0.717, 1.165) is 12.8 Å². The molecule has 1 fully saturated rings. The molecule has 4 nitrogen and oxygen atoms in total. The summed E-state index contributed by atoms with van der Waals surface area (Å²) in [5.74, 6) is -1.73. The average molecular weight is 307 g/mol. The third-order valence-corrected chi connectivity index (χ3v) is 6.12. The second kappa shape index (κ2) is 4.83. The molecule has 2 heterocycles. The molecule has 0 saturated heterocycles. The molecule has 1 aliphatic heterocycles. The predicted octanol–water partition coefficient (Wildman–Crippen LogP) is 2.94. The molecule has 21 heavy (non-hydrogen) atoms. The minimum absolute atomic E-state index is 0.0242. The normalized spacial score (nSPS) is 29.9. The number of thiophene rings is 1. The Morgan fingerprint density at radius 2 is 2.14 bits per heavy atom. The molecule has 2 aliphatic rings. The summed E-state index contributed by atoms with van der Waals surface area (Å²) < 4.78 is 0. The van der Waals surface area contributed by atoms with Crippen LogP contribution in [0.15, 0.2) is 11.4 Å². The zero-order chi connectivity index (χ0) is 15.4. The van der Waals surface area contributed by atoms with Gasteiger partial charge in [0.1, 0.15) is 0 Å². The first-order valence-corrected chi connectivity index (χ1v) is 8.37. The van der Waals surface area contributed by atoms with Gasteiger partial charge in [-0.15, -0.1) is 11.3 Å². The predicted molar refractivity (Wildman–Crippen MR) is 81.2 cm³/mol. The summed E-state index contributed by atoms with van der Waals surface area (Å²) in [5, 5.41) is 11.4. The highest BCUT2D eigenvalue weighted by atomic mass is 32.1. The molecule has 0 radical (unpaired) electrons. The molecule has 0 spiro atoms. The summed E-state index contributed by atoms with van der Waals surface area (Å²) in [6, 6.07) is 2.22. The Balaban J connectivity index is 1.85. The Morgan fingerprint density at radius 1 is 1.43 bits per heavy atom. The van der Waals surface area contributed by atoms with Crippen LogP contribution in [0.3, 0.4) is 0 Å². The highest BCUT2D eigenvalue weighted by Crippen LogP contribution is 2.59. The topological polar surface area (TPSA) is 57.6 Å². The SMILES string of the molecule is CCC1c2ccsc2CCN1C(=O)[C@H]1[C@@H](C(=O)O)C1(C)C. The van der Waals surface area contributed by atoms with Crippen molar-refractivity contribution in [3.8, 4) is 0 Å². The van der Waals surface area contributed by atoms with Crippen LogP contribution in [0.4, 0.5) is 0 Å². The minimum atomic E-state index is -0.848. The summed E-state index contributed by atoms with van der Waals surface area (Å²) in [6.45, 7) is 6.57. The molecule has 1 aliphatic carbocycles. The number of rotatable bonds is 3. The van der Waals surface area contributed by atoms with Crippen molar-refractivity contribution in [3.63, 3.8) is 0 Å². The van der Waals surface area contributed by atoms with E-state index in [1.54, 1.807) is 11.3 Å². The lowest BCUT2D eigenvalue weighted by atomic mass is 9.96. The van der Waals surface area contributed by atoms with Crippen molar-refractivity contribution in [2.45, 2.75) is 39.7 Å². The monoisotopic (exact) mass is 307 g/mol. The molecular formula is C16H21NO3S. The van der Waals surface area contributed by atoms with Gasteiger partial charge in [-0.1, -0.05) is 20.8 Å². The molecule has 1 saturated carbocycles. The van der Waals surface area contributed by atoms with E-state index in [1.165, 1.54) is 10.4 Å². The highest BCUT2D eigenvalue weighted by Gasteiger charge is 2.67. The number of nitrogens with zero attached hydrogens (tertiary/aromatic N) is 1. The van der Waals surface area contributed by atoms with Crippen LogP contribution in [0, 0.1) is 17.3 Å². The van der Waals surface area contributed by atoms with Crippen molar-refractivity contribution < 1.29 is 14.7 Å². The zero-order valence-electron chi connectivity index (χ0n) is 12.6. The first-order chi connectivity index (χ1) is 9.89. The lowest BCUT2D eigenvalue weighted by Gasteiger charge is -2.36. The van der Waals surface area contributed by atoms with Gasteiger partial charge in [0, 0.05) is 11.4 Å². The van der Waals surface area contributed by atoms with E-state index in [0.29, 0.717) is 6.54 Å². The largest absolute Gasteiger partial charge is 0.481 e. The van der Waals surface area contributed by atoms with E-state index < -0.39 is 17.3 Å². The first kappa shape index (κ1) is 14.6. The van der Waals surface area contributed by atoms with Gasteiger partial charge in [-0.05, 0) is 35.3 Å². The first-order valence-electron chi connectivity index (χ1n) is 7.49. The van der Waals surface area contributed by atoms with Crippen LogP contribution in [0.2, 0.25) is 0 Å². The van der Waals surface area contributed by atoms with E-state index in [9.17, 15) is 14.7 Å². The summed E-state index contributed by atoms with van der Waals surface area (Å²) in [4.78, 5) is 27.5. The van der Waals surface area contributed by atoms with Gasteiger partial charge in [-0.3, -0.25) is 9.59 Å². The summed E-state index contributed by atoms with van der Waals surface area (Å²) in [5.41, 5.74) is 0.836.